The van der Waals surface area contributed by atoms with Crippen LogP contribution in [0, 0.1) is 5.82 Å². The zero-order chi connectivity index (χ0) is 23.8. The number of nitrogens with one attached hydrogen (secondary N) is 1. The van der Waals surface area contributed by atoms with E-state index in [-0.39, 0.29) is 23.8 Å². The number of unbranched alkanes of at least 4 members (excludes halogenated alkanes) is 1. The predicted molar refractivity (Wildman–Crippen MR) is 133 cm³/mol. The molecule has 4 rings (SSSR count). The molecule has 34 heavy (non-hydrogen) atoms. The smallest absolute Gasteiger partial charge is 0.123 e. The summed E-state index contributed by atoms with van der Waals surface area (Å²) < 4.78 is 19.3. The minimum absolute atomic E-state index is 0.0998. The molecule has 0 spiro atoms. The molecule has 4 nitrogen and oxygen atoms in total. The van der Waals surface area contributed by atoms with Crippen molar-refractivity contribution in [1.82, 2.24) is 10.2 Å². The predicted octanol–water partition coefficient (Wildman–Crippen LogP) is 5.50. The van der Waals surface area contributed by atoms with E-state index in [9.17, 15) is 9.18 Å². The van der Waals surface area contributed by atoms with E-state index in [1.54, 1.807) is 19.2 Å². The largest absolute Gasteiger partial charge is 0.496 e. The summed E-state index contributed by atoms with van der Waals surface area (Å²) in [7, 11) is 1.70. The summed E-state index contributed by atoms with van der Waals surface area (Å²) in [5.41, 5.74) is 3.50. The Kier molecular flexibility index (Phi) is 8.45. The van der Waals surface area contributed by atoms with Gasteiger partial charge in [0.15, 0.2) is 0 Å². The highest BCUT2D eigenvalue weighted by atomic mass is 19.1. The van der Waals surface area contributed by atoms with Crippen LogP contribution in [-0.2, 0) is 11.3 Å². The molecule has 0 bridgehead atoms. The molecule has 1 saturated heterocycles. The number of likely N-dealkylation sites (tertiary alicyclic amines) is 1. The van der Waals surface area contributed by atoms with Crippen molar-refractivity contribution < 1.29 is 13.9 Å². The number of hydrogen-bond donors (Lipinski definition) is 1. The fraction of sp³-hybridized carbons (Fsp3) is 0.345. The normalized spacial score (nSPS) is 20.7. The van der Waals surface area contributed by atoms with Crippen LogP contribution >= 0.6 is 0 Å². The first-order valence-electron chi connectivity index (χ1n) is 12.0. The number of carbonyl (C=O) groups excluding carboxylic acids is 1. The highest BCUT2D eigenvalue weighted by molar-refractivity contribution is 5.49. The van der Waals surface area contributed by atoms with Gasteiger partial charge in [0.1, 0.15) is 17.9 Å². The van der Waals surface area contributed by atoms with Crippen LogP contribution < -0.4 is 10.1 Å². The van der Waals surface area contributed by atoms with Gasteiger partial charge in [-0.2, -0.15) is 0 Å². The number of piperidine rings is 1. The second kappa shape index (κ2) is 11.9. The molecular weight excluding hydrogens is 427 g/mol. The van der Waals surface area contributed by atoms with Crippen LogP contribution in [0.3, 0.4) is 0 Å². The topological polar surface area (TPSA) is 41.6 Å². The lowest BCUT2D eigenvalue weighted by Crippen LogP contribution is -2.52. The Hall–Kier alpha value is -3.02. The number of para-hydroxylation sites is 1. The Morgan fingerprint density at radius 3 is 2.47 bits per heavy atom. The Morgan fingerprint density at radius 1 is 1.00 bits per heavy atom. The first-order chi connectivity index (χ1) is 16.7. The second-order valence-corrected chi connectivity index (χ2v) is 8.87. The molecule has 1 aliphatic heterocycles. The lowest BCUT2D eigenvalue weighted by atomic mass is 9.78. The van der Waals surface area contributed by atoms with Gasteiger partial charge in [-0.3, -0.25) is 4.90 Å². The van der Waals surface area contributed by atoms with Crippen LogP contribution in [0.25, 0.3) is 0 Å². The number of methoxy groups -OCH3 is 1. The van der Waals surface area contributed by atoms with E-state index in [4.69, 9.17) is 4.74 Å². The summed E-state index contributed by atoms with van der Waals surface area (Å²) in [6, 6.07) is 25.8. The molecule has 0 saturated carbocycles. The number of nitrogens with zero attached hydrogens (tertiary/aromatic N) is 1. The fourth-order valence-electron chi connectivity index (χ4n) is 5.18. The van der Waals surface area contributed by atoms with Gasteiger partial charge in [-0.05, 0) is 55.3 Å². The monoisotopic (exact) mass is 460 g/mol. The molecule has 5 heteroatoms. The lowest BCUT2D eigenvalue weighted by molar-refractivity contribution is -0.108. The summed E-state index contributed by atoms with van der Waals surface area (Å²) in [5.74, 6) is 0.874. The molecule has 0 aliphatic carbocycles. The van der Waals surface area contributed by atoms with Crippen molar-refractivity contribution >= 4 is 6.29 Å². The van der Waals surface area contributed by atoms with E-state index in [0.717, 1.165) is 49.1 Å². The van der Waals surface area contributed by atoms with Crippen LogP contribution in [-0.4, -0.2) is 37.4 Å². The molecule has 1 N–H and O–H groups in total. The number of benzene rings is 3. The summed E-state index contributed by atoms with van der Waals surface area (Å²) in [5, 5.41) is 3.86. The number of rotatable bonds is 10. The van der Waals surface area contributed by atoms with Gasteiger partial charge in [0.2, 0.25) is 0 Å². The molecular formula is C29H33FN2O2. The quantitative estimate of drug-likeness (QED) is 0.320. The molecule has 178 valence electrons. The van der Waals surface area contributed by atoms with Crippen LogP contribution in [0.15, 0.2) is 78.9 Å². The minimum atomic E-state index is -0.215. The van der Waals surface area contributed by atoms with Crippen LogP contribution in [0.1, 0.15) is 47.9 Å². The van der Waals surface area contributed by atoms with Crippen molar-refractivity contribution in [3.63, 3.8) is 0 Å². The molecule has 3 atom stereocenters. The van der Waals surface area contributed by atoms with Gasteiger partial charge >= 0.3 is 0 Å². The molecule has 3 unspecified atom stereocenters. The molecule has 3 aromatic carbocycles. The van der Waals surface area contributed by atoms with Crippen molar-refractivity contribution in [3.8, 4) is 5.75 Å². The van der Waals surface area contributed by atoms with Gasteiger partial charge in [-0.25, -0.2) is 4.39 Å². The zero-order valence-electron chi connectivity index (χ0n) is 19.7. The Morgan fingerprint density at radius 2 is 1.74 bits per heavy atom. The van der Waals surface area contributed by atoms with Crippen LogP contribution in [0.5, 0.6) is 5.75 Å². The van der Waals surface area contributed by atoms with Crippen LogP contribution in [0.2, 0.25) is 0 Å². The number of ether oxygens (including phenoxy) is 1. The summed E-state index contributed by atoms with van der Waals surface area (Å²) >= 11 is 0. The first kappa shape index (κ1) is 24.1. The highest BCUT2D eigenvalue weighted by Gasteiger charge is 2.39. The van der Waals surface area contributed by atoms with Gasteiger partial charge in [0, 0.05) is 30.5 Å². The van der Waals surface area contributed by atoms with E-state index >= 15 is 0 Å². The molecule has 0 radical (unpaired) electrons. The third kappa shape index (κ3) is 5.72. The van der Waals surface area contributed by atoms with E-state index in [1.165, 1.54) is 5.56 Å². The lowest BCUT2D eigenvalue weighted by Gasteiger charge is -2.47. The maximum absolute atomic E-state index is 13.7. The molecule has 3 aromatic rings. The Balaban J connectivity index is 1.69. The molecule has 1 heterocycles. The molecule has 1 aliphatic rings. The first-order valence-corrected chi connectivity index (χ1v) is 12.0. The summed E-state index contributed by atoms with van der Waals surface area (Å²) in [6.07, 6.45) is 3.37. The third-order valence-corrected chi connectivity index (χ3v) is 6.82. The van der Waals surface area contributed by atoms with Crippen molar-refractivity contribution in [1.29, 1.82) is 0 Å². The zero-order valence-corrected chi connectivity index (χ0v) is 19.7. The van der Waals surface area contributed by atoms with E-state index < -0.39 is 0 Å². The van der Waals surface area contributed by atoms with Crippen molar-refractivity contribution in [2.24, 2.45) is 0 Å². The van der Waals surface area contributed by atoms with E-state index in [0.29, 0.717) is 13.0 Å². The highest BCUT2D eigenvalue weighted by Crippen LogP contribution is 2.40. The maximum atomic E-state index is 13.7. The number of hydrogen-bond acceptors (Lipinski definition) is 4. The summed E-state index contributed by atoms with van der Waals surface area (Å²) in [6.45, 7) is 2.45. The fourth-order valence-corrected chi connectivity index (χ4v) is 5.18. The standard InChI is InChI=1S/C29H33FN2O2/c1-34-27-12-6-5-11-24(27)21-31-28-26(22-13-15-25(30)16-14-22)17-19-32(18-7-8-20-33)29(28)23-9-3-2-4-10-23/h2-6,9-16,20,26,28-29,31H,7-8,17-19,21H2,1H3. The molecule has 0 aromatic heterocycles. The van der Waals surface area contributed by atoms with Crippen molar-refractivity contribution in [2.75, 3.05) is 20.2 Å². The van der Waals surface area contributed by atoms with Gasteiger partial charge < -0.3 is 14.8 Å². The number of carbonyl (C=O) groups is 1. The van der Waals surface area contributed by atoms with E-state index in [2.05, 4.69) is 40.5 Å². The van der Waals surface area contributed by atoms with Gasteiger partial charge in [0.25, 0.3) is 0 Å². The van der Waals surface area contributed by atoms with Gasteiger partial charge in [-0.1, -0.05) is 60.7 Å². The van der Waals surface area contributed by atoms with Crippen molar-refractivity contribution in [2.45, 2.75) is 43.8 Å². The van der Waals surface area contributed by atoms with Gasteiger partial charge in [-0.15, -0.1) is 0 Å². The Labute approximate surface area is 201 Å². The SMILES string of the molecule is COc1ccccc1CNC1C(c2ccc(F)cc2)CCN(CCCC=O)C1c1ccccc1. The summed E-state index contributed by atoms with van der Waals surface area (Å²) in [4.78, 5) is 13.5. The average molecular weight is 461 g/mol. The molecule has 0 amide bonds. The Bertz CT molecular complexity index is 1040. The molecule has 1 fully saturated rings. The average Bonchev–Trinajstić information content (AvgIpc) is 2.88. The second-order valence-electron chi connectivity index (χ2n) is 8.87. The van der Waals surface area contributed by atoms with Gasteiger partial charge in [0.05, 0.1) is 13.2 Å². The number of halogens is 1. The van der Waals surface area contributed by atoms with Crippen molar-refractivity contribution in [3.05, 3.63) is 101 Å². The number of aldehydes is 1. The minimum Gasteiger partial charge on any atom is -0.496 e. The maximum Gasteiger partial charge on any atom is 0.123 e. The van der Waals surface area contributed by atoms with Crippen LogP contribution in [0.4, 0.5) is 4.39 Å². The van der Waals surface area contributed by atoms with E-state index in [1.807, 2.05) is 36.4 Å². The third-order valence-electron chi connectivity index (χ3n) is 6.82.